The van der Waals surface area contributed by atoms with E-state index in [1.165, 1.54) is 0 Å². The van der Waals surface area contributed by atoms with Crippen molar-refractivity contribution in [3.05, 3.63) is 34.4 Å². The number of benzene rings is 1. The first kappa shape index (κ1) is 9.58. The summed E-state index contributed by atoms with van der Waals surface area (Å²) >= 11 is 3.19. The van der Waals surface area contributed by atoms with Crippen molar-refractivity contribution < 1.29 is 13.2 Å². The van der Waals surface area contributed by atoms with Gasteiger partial charge in [0, 0.05) is 15.4 Å². The van der Waals surface area contributed by atoms with E-state index in [1.807, 2.05) is 0 Å². The molecule has 2 aromatic rings. The minimum Gasteiger partial charge on any atom is -0.351 e. The molecule has 1 nitrogen and oxygen atoms in total. The molecular weight excluding hydrogens is 259 g/mol. The predicted octanol–water partition coefficient (Wildman–Crippen LogP) is 3.95. The van der Waals surface area contributed by atoms with Crippen molar-refractivity contribution in [1.82, 2.24) is 4.98 Å². The predicted molar refractivity (Wildman–Crippen MR) is 51.0 cm³/mol. The molecule has 14 heavy (non-hydrogen) atoms. The van der Waals surface area contributed by atoms with Crippen LogP contribution in [0.3, 0.4) is 0 Å². The average molecular weight is 264 g/mol. The summed E-state index contributed by atoms with van der Waals surface area (Å²) in [4.78, 5) is 2.32. The van der Waals surface area contributed by atoms with Gasteiger partial charge in [0.2, 0.25) is 0 Å². The normalized spacial score (nSPS) is 12.3. The number of aromatic amines is 1. The maximum atomic E-state index is 12.3. The molecule has 0 saturated heterocycles. The summed E-state index contributed by atoms with van der Waals surface area (Å²) in [5, 5.41) is 0.556. The molecule has 0 fully saturated rings. The highest BCUT2D eigenvalue weighted by Crippen LogP contribution is 2.31. The molecule has 0 unspecified atom stereocenters. The third kappa shape index (κ3) is 1.64. The van der Waals surface area contributed by atoms with Crippen molar-refractivity contribution in [3.63, 3.8) is 0 Å². The number of aromatic nitrogens is 1. The first-order valence-corrected chi connectivity index (χ1v) is 4.61. The van der Waals surface area contributed by atoms with E-state index in [4.69, 9.17) is 0 Å². The highest BCUT2D eigenvalue weighted by molar-refractivity contribution is 9.10. The summed E-state index contributed by atoms with van der Waals surface area (Å²) in [5.74, 6) is 0. The lowest BCUT2D eigenvalue weighted by atomic mass is 10.2. The van der Waals surface area contributed by atoms with Crippen LogP contribution in [0.2, 0.25) is 0 Å². The quantitative estimate of drug-likeness (QED) is 0.741. The van der Waals surface area contributed by atoms with E-state index in [9.17, 15) is 13.2 Å². The maximum Gasteiger partial charge on any atom is 0.431 e. The fourth-order valence-corrected chi connectivity index (χ4v) is 1.61. The summed E-state index contributed by atoms with van der Waals surface area (Å²) < 4.78 is 37.6. The van der Waals surface area contributed by atoms with Gasteiger partial charge in [-0.2, -0.15) is 13.2 Å². The number of hydrogen-bond acceptors (Lipinski definition) is 0. The summed E-state index contributed by atoms with van der Waals surface area (Å²) in [6.07, 6.45) is -4.31. The molecule has 0 bridgehead atoms. The van der Waals surface area contributed by atoms with Gasteiger partial charge in [0.15, 0.2) is 0 Å². The van der Waals surface area contributed by atoms with E-state index in [2.05, 4.69) is 20.9 Å². The zero-order valence-corrected chi connectivity index (χ0v) is 8.41. The molecule has 0 spiro atoms. The van der Waals surface area contributed by atoms with Gasteiger partial charge in [-0.05, 0) is 18.2 Å². The second kappa shape index (κ2) is 3.02. The topological polar surface area (TPSA) is 15.8 Å². The molecule has 0 aliphatic rings. The Hall–Kier alpha value is -0.970. The van der Waals surface area contributed by atoms with Gasteiger partial charge < -0.3 is 4.98 Å². The Morgan fingerprint density at radius 1 is 1.14 bits per heavy atom. The lowest BCUT2D eigenvalue weighted by Gasteiger charge is -2.00. The van der Waals surface area contributed by atoms with Gasteiger partial charge in [0.1, 0.15) is 5.69 Å². The van der Waals surface area contributed by atoms with E-state index in [0.29, 0.717) is 10.9 Å². The van der Waals surface area contributed by atoms with E-state index in [-0.39, 0.29) is 0 Å². The molecule has 0 aliphatic carbocycles. The lowest BCUT2D eigenvalue weighted by molar-refractivity contribution is -0.140. The molecule has 0 saturated carbocycles. The van der Waals surface area contributed by atoms with Crippen molar-refractivity contribution >= 4 is 26.8 Å². The summed E-state index contributed by atoms with van der Waals surface area (Å²) in [7, 11) is 0. The summed E-state index contributed by atoms with van der Waals surface area (Å²) in [6.45, 7) is 0. The smallest absolute Gasteiger partial charge is 0.351 e. The second-order valence-corrected chi connectivity index (χ2v) is 3.83. The molecule has 0 radical (unpaired) electrons. The van der Waals surface area contributed by atoms with Crippen LogP contribution >= 0.6 is 15.9 Å². The van der Waals surface area contributed by atoms with Gasteiger partial charge >= 0.3 is 6.18 Å². The van der Waals surface area contributed by atoms with Crippen LogP contribution < -0.4 is 0 Å². The molecule has 0 aliphatic heterocycles. The largest absolute Gasteiger partial charge is 0.431 e. The third-order valence-electron chi connectivity index (χ3n) is 1.89. The number of hydrogen-bond donors (Lipinski definition) is 1. The van der Waals surface area contributed by atoms with E-state index >= 15 is 0 Å². The van der Waals surface area contributed by atoms with Crippen LogP contribution in [0.5, 0.6) is 0 Å². The fraction of sp³-hybridized carbons (Fsp3) is 0.111. The van der Waals surface area contributed by atoms with Crippen LogP contribution in [0.4, 0.5) is 13.2 Å². The number of rotatable bonds is 0. The fourth-order valence-electron chi connectivity index (χ4n) is 1.25. The molecule has 2 rings (SSSR count). The van der Waals surface area contributed by atoms with Crippen LogP contribution in [0, 0.1) is 0 Å². The van der Waals surface area contributed by atoms with E-state index in [0.717, 1.165) is 10.5 Å². The molecule has 1 aromatic carbocycles. The highest BCUT2D eigenvalue weighted by Gasteiger charge is 2.32. The average Bonchev–Trinajstić information content (AvgIpc) is 2.45. The third-order valence-corrected chi connectivity index (χ3v) is 2.38. The number of fused-ring (bicyclic) bond motifs is 1. The van der Waals surface area contributed by atoms with Crippen LogP contribution in [-0.4, -0.2) is 4.98 Å². The molecule has 5 heteroatoms. The maximum absolute atomic E-state index is 12.3. The lowest BCUT2D eigenvalue weighted by Crippen LogP contribution is -2.04. The number of alkyl halides is 3. The van der Waals surface area contributed by atoms with Crippen LogP contribution in [-0.2, 0) is 6.18 Å². The number of H-pyrrole nitrogens is 1. The Labute approximate surface area is 86.1 Å². The molecule has 74 valence electrons. The summed E-state index contributed by atoms with van der Waals surface area (Å²) in [6, 6.07) is 6.05. The minimum absolute atomic E-state index is 0.478. The molecule has 1 heterocycles. The number of nitrogens with one attached hydrogen (secondary N) is 1. The summed E-state index contributed by atoms with van der Waals surface area (Å²) in [5.41, 5.74) is -0.239. The van der Waals surface area contributed by atoms with Gasteiger partial charge in [-0.3, -0.25) is 0 Å². The molecule has 1 N–H and O–H groups in total. The highest BCUT2D eigenvalue weighted by atomic mass is 79.9. The Bertz CT molecular complexity index is 472. The monoisotopic (exact) mass is 263 g/mol. The molecule has 0 amide bonds. The van der Waals surface area contributed by atoms with Gasteiger partial charge in [-0.15, -0.1) is 0 Å². The van der Waals surface area contributed by atoms with Crippen LogP contribution in [0.1, 0.15) is 5.69 Å². The Balaban J connectivity index is 2.63. The van der Waals surface area contributed by atoms with Crippen molar-refractivity contribution in [3.8, 4) is 0 Å². The van der Waals surface area contributed by atoms with Gasteiger partial charge in [-0.25, -0.2) is 0 Å². The number of halogens is 4. The first-order valence-electron chi connectivity index (χ1n) is 3.82. The van der Waals surface area contributed by atoms with Gasteiger partial charge in [-0.1, -0.05) is 22.0 Å². The van der Waals surface area contributed by atoms with E-state index < -0.39 is 11.9 Å². The Morgan fingerprint density at radius 3 is 2.50 bits per heavy atom. The van der Waals surface area contributed by atoms with Crippen LogP contribution in [0.25, 0.3) is 10.9 Å². The Kier molecular flexibility index (Phi) is 2.06. The van der Waals surface area contributed by atoms with Gasteiger partial charge in [0.25, 0.3) is 0 Å². The molecule has 0 atom stereocenters. The van der Waals surface area contributed by atoms with Crippen molar-refractivity contribution in [2.75, 3.05) is 0 Å². The SMILES string of the molecule is FC(F)(F)c1cc2ccc(Br)cc2[nH]1. The van der Waals surface area contributed by atoms with Crippen molar-refractivity contribution in [1.29, 1.82) is 0 Å². The standard InChI is InChI=1S/C9H5BrF3N/c10-6-2-1-5-3-8(9(11,12)13)14-7(5)4-6/h1-4,14H. The zero-order valence-electron chi connectivity index (χ0n) is 6.82. The molecular formula is C9H5BrF3N. The van der Waals surface area contributed by atoms with Crippen molar-refractivity contribution in [2.24, 2.45) is 0 Å². The van der Waals surface area contributed by atoms with Crippen molar-refractivity contribution in [2.45, 2.75) is 6.18 Å². The second-order valence-electron chi connectivity index (χ2n) is 2.91. The van der Waals surface area contributed by atoms with Gasteiger partial charge in [0.05, 0.1) is 0 Å². The van der Waals surface area contributed by atoms with E-state index in [1.54, 1.807) is 18.2 Å². The Morgan fingerprint density at radius 2 is 1.86 bits per heavy atom. The minimum atomic E-state index is -4.31. The molecule has 1 aromatic heterocycles. The first-order chi connectivity index (χ1) is 6.47. The zero-order chi connectivity index (χ0) is 10.3. The van der Waals surface area contributed by atoms with Crippen LogP contribution in [0.15, 0.2) is 28.7 Å².